The molecule has 0 spiro atoms. The molecule has 1 aromatic rings. The van der Waals surface area contributed by atoms with Crippen molar-refractivity contribution in [1.82, 2.24) is 0 Å². The smallest absolute Gasteiger partial charge is 0.332 e. The zero-order chi connectivity index (χ0) is 10.8. The van der Waals surface area contributed by atoms with Gasteiger partial charge in [-0.1, -0.05) is 12.1 Å². The van der Waals surface area contributed by atoms with Gasteiger partial charge in [-0.15, -0.1) is 0 Å². The first kappa shape index (κ1) is 11.2. The molecule has 0 aliphatic rings. The predicted octanol–water partition coefficient (Wildman–Crippen LogP) is 1.93. The highest BCUT2D eigenvalue weighted by Crippen LogP contribution is 2.51. The third-order valence-electron chi connectivity index (χ3n) is 2.10. The zero-order valence-electron chi connectivity index (χ0n) is 8.04. The van der Waals surface area contributed by atoms with E-state index in [-0.39, 0.29) is 0 Å². The summed E-state index contributed by atoms with van der Waals surface area (Å²) in [6.45, 7) is 1.50. The minimum Gasteiger partial charge on any atom is -0.497 e. The first-order valence-corrected chi connectivity index (χ1v) is 5.82. The number of benzene rings is 1. The molecule has 78 valence electrons. The summed E-state index contributed by atoms with van der Waals surface area (Å²) < 4.78 is 15.9. The molecule has 0 unspecified atom stereocenters. The van der Waals surface area contributed by atoms with Crippen LogP contribution in [0.5, 0.6) is 5.75 Å². The van der Waals surface area contributed by atoms with Gasteiger partial charge in [0.05, 0.1) is 12.8 Å². The molecule has 14 heavy (non-hydrogen) atoms. The molecule has 0 aliphatic heterocycles. The van der Waals surface area contributed by atoms with Crippen LogP contribution < -0.4 is 4.74 Å². The van der Waals surface area contributed by atoms with Crippen molar-refractivity contribution in [3.63, 3.8) is 0 Å². The number of rotatable bonds is 3. The van der Waals surface area contributed by atoms with E-state index in [0.29, 0.717) is 11.3 Å². The van der Waals surface area contributed by atoms with E-state index in [2.05, 4.69) is 0 Å². The number of methoxy groups -OCH3 is 1. The Hall–Kier alpha value is -0.830. The Kier molecular flexibility index (Phi) is 3.32. The number of ether oxygens (including phenoxy) is 1. The summed E-state index contributed by atoms with van der Waals surface area (Å²) in [7, 11) is -2.50. The van der Waals surface area contributed by atoms with Gasteiger partial charge >= 0.3 is 7.60 Å². The number of hydrogen-bond acceptors (Lipinski definition) is 2. The Morgan fingerprint density at radius 3 is 2.14 bits per heavy atom. The SMILES string of the molecule is COc1ccc([C@H](C)P(=O)(O)O)cc1. The second-order valence-electron chi connectivity index (χ2n) is 3.04. The van der Waals surface area contributed by atoms with Crippen molar-refractivity contribution in [2.75, 3.05) is 7.11 Å². The lowest BCUT2D eigenvalue weighted by molar-refractivity contribution is 0.361. The number of hydrogen-bond donors (Lipinski definition) is 2. The Morgan fingerprint density at radius 1 is 1.29 bits per heavy atom. The first-order chi connectivity index (χ1) is 6.45. The highest BCUT2D eigenvalue weighted by molar-refractivity contribution is 7.52. The van der Waals surface area contributed by atoms with Crippen molar-refractivity contribution in [2.45, 2.75) is 12.6 Å². The van der Waals surface area contributed by atoms with Crippen molar-refractivity contribution >= 4 is 7.60 Å². The summed E-state index contributed by atoms with van der Waals surface area (Å²) in [5.74, 6) is 0.673. The van der Waals surface area contributed by atoms with Crippen LogP contribution in [0.3, 0.4) is 0 Å². The van der Waals surface area contributed by atoms with Crippen molar-refractivity contribution in [3.8, 4) is 5.75 Å². The highest BCUT2D eigenvalue weighted by Gasteiger charge is 2.25. The van der Waals surface area contributed by atoms with Gasteiger partial charge in [-0.25, -0.2) is 0 Å². The van der Waals surface area contributed by atoms with Crippen LogP contribution in [0.15, 0.2) is 24.3 Å². The van der Waals surface area contributed by atoms with Gasteiger partial charge in [0, 0.05) is 0 Å². The molecule has 0 amide bonds. The Balaban J connectivity index is 2.92. The third kappa shape index (κ3) is 2.58. The molecule has 0 heterocycles. The molecule has 0 aliphatic carbocycles. The van der Waals surface area contributed by atoms with Gasteiger partial charge in [-0.05, 0) is 24.6 Å². The fourth-order valence-electron chi connectivity index (χ4n) is 1.08. The molecule has 1 atom stereocenters. The van der Waals surface area contributed by atoms with Crippen molar-refractivity contribution < 1.29 is 19.1 Å². The normalized spacial score (nSPS) is 13.7. The first-order valence-electron chi connectivity index (χ1n) is 4.14. The minimum absolute atomic E-state index is 0.610. The Bertz CT molecular complexity index is 340. The van der Waals surface area contributed by atoms with Gasteiger partial charge < -0.3 is 14.5 Å². The lowest BCUT2D eigenvalue weighted by Gasteiger charge is -2.13. The van der Waals surface area contributed by atoms with Crippen LogP contribution >= 0.6 is 7.60 Å². The van der Waals surface area contributed by atoms with Crippen LogP contribution in [0.1, 0.15) is 18.1 Å². The van der Waals surface area contributed by atoms with E-state index in [9.17, 15) is 4.57 Å². The van der Waals surface area contributed by atoms with E-state index >= 15 is 0 Å². The maximum Gasteiger partial charge on any atom is 0.332 e. The summed E-state index contributed by atoms with van der Waals surface area (Å²) in [6.07, 6.45) is 0. The molecule has 1 rings (SSSR count). The van der Waals surface area contributed by atoms with Crippen LogP contribution in [-0.2, 0) is 4.57 Å². The van der Waals surface area contributed by atoms with Crippen molar-refractivity contribution in [3.05, 3.63) is 29.8 Å². The molecular weight excluding hydrogens is 203 g/mol. The van der Waals surface area contributed by atoms with E-state index in [1.165, 1.54) is 6.92 Å². The van der Waals surface area contributed by atoms with E-state index < -0.39 is 13.3 Å². The predicted molar refractivity (Wildman–Crippen MR) is 53.5 cm³/mol. The van der Waals surface area contributed by atoms with Gasteiger partial charge in [0.2, 0.25) is 0 Å². The third-order valence-corrected chi connectivity index (χ3v) is 3.41. The molecular formula is C9H13O4P. The molecule has 0 saturated heterocycles. The largest absolute Gasteiger partial charge is 0.497 e. The van der Waals surface area contributed by atoms with Gasteiger partial charge in [-0.2, -0.15) is 0 Å². The molecule has 0 saturated carbocycles. The van der Waals surface area contributed by atoms with E-state index in [1.54, 1.807) is 31.4 Å². The summed E-state index contributed by atoms with van der Waals surface area (Å²) in [4.78, 5) is 17.9. The van der Waals surface area contributed by atoms with Crippen LogP contribution in [0.4, 0.5) is 0 Å². The average Bonchev–Trinajstić information content (AvgIpc) is 2.15. The molecule has 0 radical (unpaired) electrons. The maximum absolute atomic E-state index is 10.9. The topological polar surface area (TPSA) is 66.8 Å². The van der Waals surface area contributed by atoms with Crippen LogP contribution in [-0.4, -0.2) is 16.9 Å². The summed E-state index contributed by atoms with van der Waals surface area (Å²) in [5.41, 5.74) is -0.160. The monoisotopic (exact) mass is 216 g/mol. The molecule has 0 aromatic heterocycles. The van der Waals surface area contributed by atoms with E-state index in [4.69, 9.17) is 14.5 Å². The van der Waals surface area contributed by atoms with Crippen LogP contribution in [0.25, 0.3) is 0 Å². The fraction of sp³-hybridized carbons (Fsp3) is 0.333. The minimum atomic E-state index is -4.04. The summed E-state index contributed by atoms with van der Waals surface area (Å²) in [5, 5.41) is 0. The van der Waals surface area contributed by atoms with Crippen molar-refractivity contribution in [2.24, 2.45) is 0 Å². The Morgan fingerprint density at radius 2 is 1.79 bits per heavy atom. The average molecular weight is 216 g/mol. The zero-order valence-corrected chi connectivity index (χ0v) is 8.94. The second kappa shape index (κ2) is 4.13. The van der Waals surface area contributed by atoms with Gasteiger partial charge in [0.25, 0.3) is 0 Å². The highest BCUT2D eigenvalue weighted by atomic mass is 31.2. The van der Waals surface area contributed by atoms with Crippen molar-refractivity contribution in [1.29, 1.82) is 0 Å². The molecule has 0 fully saturated rings. The van der Waals surface area contributed by atoms with Gasteiger partial charge in [0.1, 0.15) is 5.75 Å². The lowest BCUT2D eigenvalue weighted by atomic mass is 10.2. The van der Waals surface area contributed by atoms with Crippen LogP contribution in [0.2, 0.25) is 0 Å². The fourth-order valence-corrected chi connectivity index (χ4v) is 1.64. The molecule has 0 bridgehead atoms. The summed E-state index contributed by atoms with van der Waals surface area (Å²) in [6, 6.07) is 6.67. The summed E-state index contributed by atoms with van der Waals surface area (Å²) >= 11 is 0. The van der Waals surface area contributed by atoms with Crippen LogP contribution in [0, 0.1) is 0 Å². The lowest BCUT2D eigenvalue weighted by Crippen LogP contribution is -1.94. The standard InChI is InChI=1S/C9H13O4P/c1-7(14(10,11)12)8-3-5-9(13-2)6-4-8/h3-7H,1-2H3,(H2,10,11,12)/t7-/m0/s1. The quantitative estimate of drug-likeness (QED) is 0.757. The van der Waals surface area contributed by atoms with Gasteiger partial charge in [-0.3, -0.25) is 4.57 Å². The second-order valence-corrected chi connectivity index (χ2v) is 4.99. The molecule has 2 N–H and O–H groups in total. The molecule has 5 heteroatoms. The molecule has 4 nitrogen and oxygen atoms in total. The van der Waals surface area contributed by atoms with E-state index in [1.807, 2.05) is 0 Å². The maximum atomic E-state index is 10.9. The van der Waals surface area contributed by atoms with Gasteiger partial charge in [0.15, 0.2) is 0 Å². The Labute approximate surface area is 82.7 Å². The molecule has 1 aromatic carbocycles. The van der Waals surface area contributed by atoms with E-state index in [0.717, 1.165) is 0 Å².